The minimum atomic E-state index is -0.0730. The fourth-order valence-corrected chi connectivity index (χ4v) is 2.47. The third-order valence-electron chi connectivity index (χ3n) is 3.61. The number of benzene rings is 1. The molecule has 1 heterocycles. The fraction of sp³-hybridized carbons (Fsp3) is 0.562. The highest BCUT2D eigenvalue weighted by Gasteiger charge is 2.29. The molecule has 2 N–H and O–H groups in total. The summed E-state index contributed by atoms with van der Waals surface area (Å²) in [7, 11) is 0. The van der Waals surface area contributed by atoms with E-state index in [4.69, 9.17) is 16.3 Å². The van der Waals surface area contributed by atoms with Gasteiger partial charge in [-0.05, 0) is 44.4 Å². The Hall–Kier alpha value is -1.26. The van der Waals surface area contributed by atoms with Crippen LogP contribution in [0.1, 0.15) is 32.3 Å². The smallest absolute Gasteiger partial charge is 0.191 e. The van der Waals surface area contributed by atoms with Crippen LogP contribution in [0.5, 0.6) is 0 Å². The molecule has 0 radical (unpaired) electrons. The summed E-state index contributed by atoms with van der Waals surface area (Å²) in [5, 5.41) is 7.38. The largest absolute Gasteiger partial charge is 0.373 e. The number of nitrogens with zero attached hydrogens (tertiary/aromatic N) is 1. The Kier molecular flexibility index (Phi) is 5.88. The predicted octanol–water partition coefficient (Wildman–Crippen LogP) is 2.96. The van der Waals surface area contributed by atoms with Crippen LogP contribution in [0, 0.1) is 0 Å². The average molecular weight is 310 g/mol. The van der Waals surface area contributed by atoms with Crippen LogP contribution in [0.2, 0.25) is 5.02 Å². The lowest BCUT2D eigenvalue weighted by Crippen LogP contribution is -2.45. The van der Waals surface area contributed by atoms with E-state index < -0.39 is 0 Å². The Morgan fingerprint density at radius 3 is 2.71 bits per heavy atom. The molecule has 1 fully saturated rings. The summed E-state index contributed by atoms with van der Waals surface area (Å²) in [4.78, 5) is 4.60. The van der Waals surface area contributed by atoms with Crippen LogP contribution in [-0.4, -0.2) is 31.3 Å². The molecule has 1 aliphatic rings. The summed E-state index contributed by atoms with van der Waals surface area (Å²) in [6, 6.07) is 7.77. The normalized spacial score (nSPS) is 22.3. The van der Waals surface area contributed by atoms with Gasteiger partial charge in [-0.1, -0.05) is 23.7 Å². The first-order chi connectivity index (χ1) is 10.1. The molecule has 1 aliphatic heterocycles. The zero-order valence-electron chi connectivity index (χ0n) is 12.8. The summed E-state index contributed by atoms with van der Waals surface area (Å²) in [5.74, 6) is 0.823. The topological polar surface area (TPSA) is 45.7 Å². The van der Waals surface area contributed by atoms with E-state index in [2.05, 4.69) is 29.5 Å². The number of hydrogen-bond acceptors (Lipinski definition) is 2. The molecule has 1 atom stereocenters. The van der Waals surface area contributed by atoms with E-state index in [0.29, 0.717) is 6.54 Å². The third-order valence-corrected chi connectivity index (χ3v) is 3.86. The second-order valence-corrected chi connectivity index (χ2v) is 6.01. The fourth-order valence-electron chi connectivity index (χ4n) is 2.35. The Morgan fingerprint density at radius 1 is 1.33 bits per heavy atom. The Labute approximate surface area is 131 Å². The molecule has 0 aliphatic carbocycles. The molecule has 116 valence electrons. The first-order valence-electron chi connectivity index (χ1n) is 7.52. The van der Waals surface area contributed by atoms with Crippen LogP contribution >= 0.6 is 11.6 Å². The predicted molar refractivity (Wildman–Crippen MR) is 87.9 cm³/mol. The highest BCUT2D eigenvalue weighted by Crippen LogP contribution is 2.23. The highest BCUT2D eigenvalue weighted by molar-refractivity contribution is 6.30. The van der Waals surface area contributed by atoms with Gasteiger partial charge in [-0.25, -0.2) is 4.99 Å². The van der Waals surface area contributed by atoms with Crippen molar-refractivity contribution in [3.05, 3.63) is 34.9 Å². The van der Waals surface area contributed by atoms with Crippen molar-refractivity contribution in [1.29, 1.82) is 0 Å². The van der Waals surface area contributed by atoms with Gasteiger partial charge in [-0.3, -0.25) is 0 Å². The van der Waals surface area contributed by atoms with Gasteiger partial charge in [0.2, 0.25) is 0 Å². The molecule has 1 aromatic carbocycles. The summed E-state index contributed by atoms with van der Waals surface area (Å²) < 4.78 is 5.78. The molecule has 1 aromatic rings. The van der Waals surface area contributed by atoms with Crippen molar-refractivity contribution in [2.24, 2.45) is 4.99 Å². The number of ether oxygens (including phenoxy) is 1. The van der Waals surface area contributed by atoms with Gasteiger partial charge in [0, 0.05) is 24.7 Å². The van der Waals surface area contributed by atoms with E-state index in [1.54, 1.807) is 0 Å². The molecule has 2 rings (SSSR count). The van der Waals surface area contributed by atoms with Crippen LogP contribution in [-0.2, 0) is 11.3 Å². The van der Waals surface area contributed by atoms with Crippen LogP contribution < -0.4 is 10.6 Å². The summed E-state index contributed by atoms with van der Waals surface area (Å²) in [6.07, 6.45) is 2.23. The maximum absolute atomic E-state index is 5.89. The molecular formula is C16H24ClN3O. The molecule has 0 amide bonds. The van der Waals surface area contributed by atoms with E-state index in [-0.39, 0.29) is 5.60 Å². The Bertz CT molecular complexity index is 467. The molecule has 1 saturated heterocycles. The van der Waals surface area contributed by atoms with Crippen molar-refractivity contribution in [2.75, 3.05) is 19.7 Å². The minimum absolute atomic E-state index is 0.0730. The first-order valence-corrected chi connectivity index (χ1v) is 7.90. The number of hydrogen-bond donors (Lipinski definition) is 2. The van der Waals surface area contributed by atoms with Crippen LogP contribution in [0.25, 0.3) is 0 Å². The molecule has 5 heteroatoms. The molecule has 0 spiro atoms. The highest BCUT2D eigenvalue weighted by atomic mass is 35.5. The second kappa shape index (κ2) is 7.66. The van der Waals surface area contributed by atoms with Gasteiger partial charge in [0.25, 0.3) is 0 Å². The Balaban J connectivity index is 1.90. The maximum Gasteiger partial charge on any atom is 0.191 e. The first kappa shape index (κ1) is 16.1. The minimum Gasteiger partial charge on any atom is -0.373 e. The van der Waals surface area contributed by atoms with Gasteiger partial charge in [-0.15, -0.1) is 0 Å². The lowest BCUT2D eigenvalue weighted by molar-refractivity contribution is 0.0243. The lowest BCUT2D eigenvalue weighted by Gasteiger charge is -2.24. The van der Waals surface area contributed by atoms with Crippen LogP contribution in [0.15, 0.2) is 29.3 Å². The maximum atomic E-state index is 5.89. The van der Waals surface area contributed by atoms with Gasteiger partial charge in [0.1, 0.15) is 0 Å². The quantitative estimate of drug-likeness (QED) is 0.649. The summed E-state index contributed by atoms with van der Waals surface area (Å²) in [6.45, 7) is 7.31. The van der Waals surface area contributed by atoms with Crippen molar-refractivity contribution in [3.63, 3.8) is 0 Å². The van der Waals surface area contributed by atoms with Gasteiger partial charge >= 0.3 is 0 Å². The standard InChI is InChI=1S/C16H24ClN3O/c1-3-18-15(20-12-16(2)9-4-10-21-16)19-11-13-5-7-14(17)8-6-13/h5-8H,3-4,9-12H2,1-2H3,(H2,18,19,20). The molecular weight excluding hydrogens is 286 g/mol. The van der Waals surface area contributed by atoms with Gasteiger partial charge in [0.05, 0.1) is 12.1 Å². The van der Waals surface area contributed by atoms with E-state index in [0.717, 1.165) is 49.1 Å². The number of halogens is 1. The molecule has 1 unspecified atom stereocenters. The monoisotopic (exact) mass is 309 g/mol. The second-order valence-electron chi connectivity index (χ2n) is 5.58. The molecule has 0 aromatic heterocycles. The molecule has 4 nitrogen and oxygen atoms in total. The number of aliphatic imine (C=N–C) groups is 1. The number of rotatable bonds is 5. The number of guanidine groups is 1. The van der Waals surface area contributed by atoms with Gasteiger partial charge in [-0.2, -0.15) is 0 Å². The Morgan fingerprint density at radius 2 is 2.10 bits per heavy atom. The van der Waals surface area contributed by atoms with Gasteiger partial charge in [0.15, 0.2) is 5.96 Å². The molecule has 0 bridgehead atoms. The summed E-state index contributed by atoms with van der Waals surface area (Å²) in [5.41, 5.74) is 1.07. The van der Waals surface area contributed by atoms with Crippen molar-refractivity contribution < 1.29 is 4.74 Å². The van der Waals surface area contributed by atoms with E-state index in [1.165, 1.54) is 0 Å². The summed E-state index contributed by atoms with van der Waals surface area (Å²) >= 11 is 5.89. The molecule has 0 saturated carbocycles. The average Bonchev–Trinajstić information content (AvgIpc) is 2.91. The van der Waals surface area contributed by atoms with Crippen LogP contribution in [0.4, 0.5) is 0 Å². The van der Waals surface area contributed by atoms with E-state index in [1.807, 2.05) is 24.3 Å². The van der Waals surface area contributed by atoms with E-state index in [9.17, 15) is 0 Å². The van der Waals surface area contributed by atoms with Gasteiger partial charge < -0.3 is 15.4 Å². The zero-order valence-corrected chi connectivity index (χ0v) is 13.5. The molecule has 21 heavy (non-hydrogen) atoms. The zero-order chi connectivity index (χ0) is 15.1. The third kappa shape index (κ3) is 5.21. The van der Waals surface area contributed by atoms with Crippen molar-refractivity contribution in [3.8, 4) is 0 Å². The SMILES string of the molecule is CCNC(=NCc1ccc(Cl)cc1)NCC1(C)CCCO1. The lowest BCUT2D eigenvalue weighted by atomic mass is 10.0. The van der Waals surface area contributed by atoms with E-state index >= 15 is 0 Å². The van der Waals surface area contributed by atoms with Crippen molar-refractivity contribution >= 4 is 17.6 Å². The number of nitrogens with one attached hydrogen (secondary N) is 2. The van der Waals surface area contributed by atoms with Crippen molar-refractivity contribution in [1.82, 2.24) is 10.6 Å². The van der Waals surface area contributed by atoms with Crippen molar-refractivity contribution in [2.45, 2.75) is 38.8 Å². The van der Waals surface area contributed by atoms with Crippen LogP contribution in [0.3, 0.4) is 0 Å².